The molecule has 1 aliphatic rings. The SMILES string of the molecule is CCOc1ccc(C(C)NC(=O)C2CCC(N)C2)cc1OCC. The van der Waals surface area contributed by atoms with Gasteiger partial charge < -0.3 is 20.5 Å². The fourth-order valence-electron chi connectivity index (χ4n) is 3.01. The van der Waals surface area contributed by atoms with Crippen LogP contribution in [0.25, 0.3) is 0 Å². The highest BCUT2D eigenvalue weighted by atomic mass is 16.5. The van der Waals surface area contributed by atoms with Gasteiger partial charge in [-0.3, -0.25) is 4.79 Å². The maximum atomic E-state index is 12.3. The number of benzene rings is 1. The van der Waals surface area contributed by atoms with Crippen molar-refractivity contribution in [3.63, 3.8) is 0 Å². The molecule has 0 heterocycles. The molecule has 0 aromatic heterocycles. The van der Waals surface area contributed by atoms with Gasteiger partial charge in [0.2, 0.25) is 5.91 Å². The maximum absolute atomic E-state index is 12.3. The van der Waals surface area contributed by atoms with E-state index in [-0.39, 0.29) is 23.9 Å². The first-order chi connectivity index (χ1) is 11.0. The van der Waals surface area contributed by atoms with E-state index < -0.39 is 0 Å². The molecule has 0 radical (unpaired) electrons. The van der Waals surface area contributed by atoms with Gasteiger partial charge in [0.15, 0.2) is 11.5 Å². The van der Waals surface area contributed by atoms with E-state index in [4.69, 9.17) is 15.2 Å². The Labute approximate surface area is 138 Å². The molecule has 0 spiro atoms. The Hall–Kier alpha value is -1.75. The van der Waals surface area contributed by atoms with E-state index in [1.807, 2.05) is 39.0 Å². The Morgan fingerprint density at radius 3 is 2.57 bits per heavy atom. The molecule has 1 fully saturated rings. The maximum Gasteiger partial charge on any atom is 0.223 e. The molecule has 1 aromatic rings. The third kappa shape index (κ3) is 4.61. The van der Waals surface area contributed by atoms with Crippen molar-refractivity contribution in [1.82, 2.24) is 5.32 Å². The number of nitrogens with one attached hydrogen (secondary N) is 1. The molecule has 1 saturated carbocycles. The summed E-state index contributed by atoms with van der Waals surface area (Å²) in [6, 6.07) is 5.90. The first kappa shape index (κ1) is 17.6. The molecule has 5 heteroatoms. The quantitative estimate of drug-likeness (QED) is 0.810. The molecule has 1 aliphatic carbocycles. The Bertz CT molecular complexity index is 533. The van der Waals surface area contributed by atoms with E-state index in [1.54, 1.807) is 0 Å². The van der Waals surface area contributed by atoms with Gasteiger partial charge in [0.1, 0.15) is 0 Å². The van der Waals surface area contributed by atoms with Crippen molar-refractivity contribution in [2.75, 3.05) is 13.2 Å². The molecule has 5 nitrogen and oxygen atoms in total. The van der Waals surface area contributed by atoms with Gasteiger partial charge in [-0.2, -0.15) is 0 Å². The van der Waals surface area contributed by atoms with Gasteiger partial charge in [-0.15, -0.1) is 0 Å². The van der Waals surface area contributed by atoms with Crippen molar-refractivity contribution < 1.29 is 14.3 Å². The number of carbonyl (C=O) groups excluding carboxylic acids is 1. The molecule has 3 N–H and O–H groups in total. The van der Waals surface area contributed by atoms with Gasteiger partial charge in [0.05, 0.1) is 19.3 Å². The topological polar surface area (TPSA) is 73.6 Å². The molecule has 3 atom stereocenters. The van der Waals surface area contributed by atoms with Gasteiger partial charge in [-0.1, -0.05) is 6.07 Å². The van der Waals surface area contributed by atoms with Crippen molar-refractivity contribution in [3.05, 3.63) is 23.8 Å². The van der Waals surface area contributed by atoms with Gasteiger partial charge in [0, 0.05) is 12.0 Å². The lowest BCUT2D eigenvalue weighted by Gasteiger charge is -2.19. The van der Waals surface area contributed by atoms with Crippen LogP contribution in [-0.2, 0) is 4.79 Å². The Kier molecular flexibility index (Phi) is 6.28. The summed E-state index contributed by atoms with van der Waals surface area (Å²) >= 11 is 0. The van der Waals surface area contributed by atoms with Crippen molar-refractivity contribution in [1.29, 1.82) is 0 Å². The van der Waals surface area contributed by atoms with E-state index >= 15 is 0 Å². The summed E-state index contributed by atoms with van der Waals surface area (Å²) in [7, 11) is 0. The largest absolute Gasteiger partial charge is 0.490 e. The smallest absolute Gasteiger partial charge is 0.223 e. The zero-order chi connectivity index (χ0) is 16.8. The van der Waals surface area contributed by atoms with Crippen molar-refractivity contribution in [2.24, 2.45) is 11.7 Å². The molecule has 128 valence electrons. The minimum absolute atomic E-state index is 0.0431. The monoisotopic (exact) mass is 320 g/mol. The second kappa shape index (κ2) is 8.20. The Morgan fingerprint density at radius 1 is 1.26 bits per heavy atom. The van der Waals surface area contributed by atoms with Gasteiger partial charge in [-0.05, 0) is 57.7 Å². The van der Waals surface area contributed by atoms with Crippen LogP contribution in [0, 0.1) is 5.92 Å². The molecule has 1 aromatic carbocycles. The van der Waals surface area contributed by atoms with Crippen molar-refractivity contribution in [3.8, 4) is 11.5 Å². The zero-order valence-corrected chi connectivity index (χ0v) is 14.3. The van der Waals surface area contributed by atoms with Gasteiger partial charge in [0.25, 0.3) is 0 Å². The lowest BCUT2D eigenvalue weighted by Crippen LogP contribution is -2.32. The first-order valence-corrected chi connectivity index (χ1v) is 8.50. The van der Waals surface area contributed by atoms with E-state index in [2.05, 4.69) is 5.32 Å². The van der Waals surface area contributed by atoms with E-state index in [1.165, 1.54) is 0 Å². The summed E-state index contributed by atoms with van der Waals surface area (Å²) in [5, 5.41) is 3.09. The lowest BCUT2D eigenvalue weighted by atomic mass is 10.0. The summed E-state index contributed by atoms with van der Waals surface area (Å²) in [5.74, 6) is 1.59. The van der Waals surface area contributed by atoms with Crippen LogP contribution in [0.2, 0.25) is 0 Å². The van der Waals surface area contributed by atoms with Crippen LogP contribution in [0.5, 0.6) is 11.5 Å². The first-order valence-electron chi connectivity index (χ1n) is 8.50. The highest BCUT2D eigenvalue weighted by Crippen LogP contribution is 2.31. The highest BCUT2D eigenvalue weighted by Gasteiger charge is 2.28. The summed E-state index contributed by atoms with van der Waals surface area (Å²) in [4.78, 5) is 12.3. The Balaban J connectivity index is 2.04. The molecule has 2 rings (SSSR count). The van der Waals surface area contributed by atoms with Crippen LogP contribution in [0.3, 0.4) is 0 Å². The molecular weight excluding hydrogens is 292 g/mol. The molecule has 23 heavy (non-hydrogen) atoms. The molecular formula is C18H28N2O3. The normalized spacial score (nSPS) is 21.7. The van der Waals surface area contributed by atoms with E-state index in [9.17, 15) is 4.79 Å². The summed E-state index contributed by atoms with van der Waals surface area (Å²) in [5.41, 5.74) is 6.90. The second-order valence-corrected chi connectivity index (χ2v) is 6.07. The third-order valence-electron chi connectivity index (χ3n) is 4.27. The second-order valence-electron chi connectivity index (χ2n) is 6.07. The van der Waals surface area contributed by atoms with Crippen LogP contribution in [-0.4, -0.2) is 25.2 Å². The lowest BCUT2D eigenvalue weighted by molar-refractivity contribution is -0.125. The number of carbonyl (C=O) groups is 1. The number of hydrogen-bond donors (Lipinski definition) is 2. The van der Waals surface area contributed by atoms with E-state index in [0.29, 0.717) is 13.2 Å². The third-order valence-corrected chi connectivity index (χ3v) is 4.27. The minimum Gasteiger partial charge on any atom is -0.490 e. The van der Waals surface area contributed by atoms with Crippen LogP contribution < -0.4 is 20.5 Å². The molecule has 3 unspecified atom stereocenters. The number of amides is 1. The molecule has 0 aliphatic heterocycles. The van der Waals surface area contributed by atoms with Gasteiger partial charge >= 0.3 is 0 Å². The summed E-state index contributed by atoms with van der Waals surface area (Å²) < 4.78 is 11.2. The summed E-state index contributed by atoms with van der Waals surface area (Å²) in [6.45, 7) is 7.03. The average Bonchev–Trinajstić information content (AvgIpc) is 2.96. The Morgan fingerprint density at radius 2 is 1.96 bits per heavy atom. The predicted molar refractivity (Wildman–Crippen MR) is 90.7 cm³/mol. The number of nitrogens with two attached hydrogens (primary N) is 1. The van der Waals surface area contributed by atoms with Crippen LogP contribution >= 0.6 is 0 Å². The average molecular weight is 320 g/mol. The number of rotatable bonds is 7. The number of ether oxygens (including phenoxy) is 2. The standard InChI is InChI=1S/C18H28N2O3/c1-4-22-16-9-7-13(11-17(16)23-5-2)12(3)20-18(21)14-6-8-15(19)10-14/h7,9,11-12,14-15H,4-6,8,10,19H2,1-3H3,(H,20,21). The predicted octanol–water partition coefficient (Wildman–Crippen LogP) is 2.79. The van der Waals surface area contributed by atoms with Gasteiger partial charge in [-0.25, -0.2) is 0 Å². The molecule has 1 amide bonds. The molecule has 0 saturated heterocycles. The fraction of sp³-hybridized carbons (Fsp3) is 0.611. The summed E-state index contributed by atoms with van der Waals surface area (Å²) in [6.07, 6.45) is 2.60. The highest BCUT2D eigenvalue weighted by molar-refractivity contribution is 5.79. The van der Waals surface area contributed by atoms with Crippen molar-refractivity contribution >= 4 is 5.91 Å². The van der Waals surface area contributed by atoms with Crippen LogP contribution in [0.4, 0.5) is 0 Å². The molecule has 0 bridgehead atoms. The zero-order valence-electron chi connectivity index (χ0n) is 14.3. The minimum atomic E-state index is -0.0748. The number of hydrogen-bond acceptors (Lipinski definition) is 4. The van der Waals surface area contributed by atoms with Crippen LogP contribution in [0.15, 0.2) is 18.2 Å². The van der Waals surface area contributed by atoms with Crippen LogP contribution in [0.1, 0.15) is 51.6 Å². The van der Waals surface area contributed by atoms with Crippen molar-refractivity contribution in [2.45, 2.75) is 52.1 Å². The van der Waals surface area contributed by atoms with E-state index in [0.717, 1.165) is 36.3 Å². The fourth-order valence-corrected chi connectivity index (χ4v) is 3.01.